The van der Waals surface area contributed by atoms with Crippen molar-refractivity contribution in [1.82, 2.24) is 20.3 Å². The number of hydrogen-bond acceptors (Lipinski definition) is 7. The number of piperidine rings is 1. The van der Waals surface area contributed by atoms with Crippen molar-refractivity contribution in [2.24, 2.45) is 0 Å². The number of aromatic amines is 1. The minimum Gasteiger partial charge on any atom is -0.453 e. The first-order valence-electron chi connectivity index (χ1n) is 12.6. The SMILES string of the molecule is COC(=O)Nc1ccc2c(-c3nc(N[C@H]4CCC(C)(C)NC4)ncc3C(F)(F)F)c[nH]c2c1C1CCOC1. The van der Waals surface area contributed by atoms with Gasteiger partial charge in [0.15, 0.2) is 0 Å². The van der Waals surface area contributed by atoms with Gasteiger partial charge < -0.3 is 25.1 Å². The van der Waals surface area contributed by atoms with Gasteiger partial charge in [-0.1, -0.05) is 6.07 Å². The Labute approximate surface area is 217 Å². The fourth-order valence-corrected chi connectivity index (χ4v) is 5.17. The summed E-state index contributed by atoms with van der Waals surface area (Å²) in [6.07, 6.45) is -0.456. The molecule has 0 aliphatic carbocycles. The molecule has 9 nitrogen and oxygen atoms in total. The van der Waals surface area contributed by atoms with Crippen LogP contribution in [0.5, 0.6) is 0 Å². The van der Waals surface area contributed by atoms with Crippen LogP contribution in [0, 0.1) is 0 Å². The van der Waals surface area contributed by atoms with Gasteiger partial charge in [-0.15, -0.1) is 0 Å². The lowest BCUT2D eigenvalue weighted by Gasteiger charge is -2.36. The monoisotopic (exact) mass is 532 g/mol. The number of nitrogens with one attached hydrogen (secondary N) is 4. The second-order valence-electron chi connectivity index (χ2n) is 10.4. The molecule has 2 saturated heterocycles. The number of halogens is 3. The molecule has 0 spiro atoms. The quantitative estimate of drug-likeness (QED) is 0.354. The number of fused-ring (bicyclic) bond motifs is 1. The molecular weight excluding hydrogens is 501 g/mol. The maximum absolute atomic E-state index is 14.1. The summed E-state index contributed by atoms with van der Waals surface area (Å²) in [5, 5.41) is 9.91. The van der Waals surface area contributed by atoms with E-state index in [4.69, 9.17) is 9.47 Å². The Hall–Kier alpha value is -3.38. The van der Waals surface area contributed by atoms with Crippen LogP contribution in [0.2, 0.25) is 0 Å². The third kappa shape index (κ3) is 5.28. The summed E-state index contributed by atoms with van der Waals surface area (Å²) in [5.74, 6) is 0.0902. The molecule has 0 bridgehead atoms. The molecule has 38 heavy (non-hydrogen) atoms. The molecule has 204 valence electrons. The highest BCUT2D eigenvalue weighted by Crippen LogP contribution is 2.43. The number of anilines is 2. The van der Waals surface area contributed by atoms with E-state index in [0.29, 0.717) is 48.3 Å². The molecule has 2 atom stereocenters. The Morgan fingerprint density at radius 2 is 2.08 bits per heavy atom. The molecule has 4 N–H and O–H groups in total. The topological polar surface area (TPSA) is 113 Å². The van der Waals surface area contributed by atoms with Crippen molar-refractivity contribution in [1.29, 1.82) is 0 Å². The van der Waals surface area contributed by atoms with E-state index < -0.39 is 17.8 Å². The minimum absolute atomic E-state index is 0.00324. The Morgan fingerprint density at radius 1 is 1.26 bits per heavy atom. The summed E-state index contributed by atoms with van der Waals surface area (Å²) >= 11 is 0. The van der Waals surface area contributed by atoms with E-state index in [-0.39, 0.29) is 29.1 Å². The van der Waals surface area contributed by atoms with Gasteiger partial charge in [-0.25, -0.2) is 14.8 Å². The molecule has 12 heteroatoms. The van der Waals surface area contributed by atoms with Crippen LogP contribution in [0.3, 0.4) is 0 Å². The molecule has 2 fully saturated rings. The second kappa shape index (κ2) is 10.1. The number of nitrogens with zero attached hydrogens (tertiary/aromatic N) is 2. The number of alkyl halides is 3. The largest absolute Gasteiger partial charge is 0.453 e. The summed E-state index contributed by atoms with van der Waals surface area (Å²) in [4.78, 5) is 23.5. The van der Waals surface area contributed by atoms with E-state index in [1.165, 1.54) is 13.3 Å². The van der Waals surface area contributed by atoms with Gasteiger partial charge in [0.25, 0.3) is 0 Å². The molecule has 5 rings (SSSR count). The first kappa shape index (κ1) is 26.2. The number of carbonyl (C=O) groups is 1. The van der Waals surface area contributed by atoms with E-state index in [1.807, 2.05) is 0 Å². The number of rotatable bonds is 5. The summed E-state index contributed by atoms with van der Waals surface area (Å²) < 4.78 is 52.6. The number of carbonyl (C=O) groups excluding carboxylic acids is 1. The fourth-order valence-electron chi connectivity index (χ4n) is 5.17. The van der Waals surface area contributed by atoms with Gasteiger partial charge >= 0.3 is 12.3 Å². The van der Waals surface area contributed by atoms with E-state index in [9.17, 15) is 18.0 Å². The molecule has 0 radical (unpaired) electrons. The molecule has 3 aromatic rings. The molecule has 1 aromatic carbocycles. The first-order valence-corrected chi connectivity index (χ1v) is 12.6. The Balaban J connectivity index is 1.57. The van der Waals surface area contributed by atoms with Crippen molar-refractivity contribution < 1.29 is 27.4 Å². The number of aromatic nitrogens is 3. The predicted molar refractivity (Wildman–Crippen MR) is 137 cm³/mol. The molecule has 2 aromatic heterocycles. The van der Waals surface area contributed by atoms with Crippen molar-refractivity contribution in [2.45, 2.75) is 56.8 Å². The van der Waals surface area contributed by atoms with Gasteiger partial charge in [-0.2, -0.15) is 13.2 Å². The maximum Gasteiger partial charge on any atom is 0.419 e. The van der Waals surface area contributed by atoms with Crippen molar-refractivity contribution in [3.05, 3.63) is 35.7 Å². The van der Waals surface area contributed by atoms with Gasteiger partial charge in [-0.05, 0) is 39.2 Å². The predicted octanol–water partition coefficient (Wildman–Crippen LogP) is 5.27. The zero-order chi connectivity index (χ0) is 27.1. The molecule has 2 aliphatic heterocycles. The van der Waals surface area contributed by atoms with Crippen molar-refractivity contribution in [3.63, 3.8) is 0 Å². The molecule has 1 amide bonds. The third-order valence-electron chi connectivity index (χ3n) is 7.28. The minimum atomic E-state index is -4.65. The number of H-pyrrole nitrogens is 1. The van der Waals surface area contributed by atoms with Crippen molar-refractivity contribution in [2.75, 3.05) is 37.5 Å². The molecule has 0 saturated carbocycles. The smallest absolute Gasteiger partial charge is 0.419 e. The average molecular weight is 533 g/mol. The third-order valence-corrected chi connectivity index (χ3v) is 7.28. The van der Waals surface area contributed by atoms with Crippen LogP contribution in [-0.2, 0) is 15.7 Å². The van der Waals surface area contributed by atoms with Crippen LogP contribution >= 0.6 is 0 Å². The van der Waals surface area contributed by atoms with E-state index in [1.54, 1.807) is 12.1 Å². The molecule has 4 heterocycles. The molecule has 2 aliphatic rings. The lowest BCUT2D eigenvalue weighted by Crippen LogP contribution is -2.50. The highest BCUT2D eigenvalue weighted by molar-refractivity contribution is 6.01. The van der Waals surface area contributed by atoms with Gasteiger partial charge in [0.1, 0.15) is 5.56 Å². The van der Waals surface area contributed by atoms with E-state index >= 15 is 0 Å². The molecule has 1 unspecified atom stereocenters. The summed E-state index contributed by atoms with van der Waals surface area (Å²) in [6.45, 7) is 5.88. The lowest BCUT2D eigenvalue weighted by molar-refractivity contribution is -0.137. The van der Waals surface area contributed by atoms with Crippen LogP contribution in [0.25, 0.3) is 22.2 Å². The fraction of sp³-hybridized carbons (Fsp3) is 0.500. The van der Waals surface area contributed by atoms with Gasteiger partial charge in [0.05, 0.1) is 24.9 Å². The highest BCUT2D eigenvalue weighted by atomic mass is 19.4. The standard InChI is InChI=1S/C26H31F3N6O3/c1-25(2)8-6-15(10-32-25)33-23-31-12-18(26(27,28)29)21(35-23)17-11-30-22-16(17)4-5-19(34-24(36)37-3)20(22)14-7-9-38-13-14/h4-5,11-12,14-15,30,32H,6-10,13H2,1-3H3,(H,34,36)(H,31,33,35)/t14?,15-/m0/s1. The van der Waals surface area contributed by atoms with E-state index in [0.717, 1.165) is 24.6 Å². The Morgan fingerprint density at radius 3 is 2.74 bits per heavy atom. The number of ether oxygens (including phenoxy) is 2. The number of amides is 1. The van der Waals surface area contributed by atoms with Crippen LogP contribution in [-0.4, -0.2) is 59.5 Å². The Kier molecular flexibility index (Phi) is 6.95. The zero-order valence-electron chi connectivity index (χ0n) is 21.5. The van der Waals surface area contributed by atoms with Crippen molar-refractivity contribution >= 4 is 28.6 Å². The maximum atomic E-state index is 14.1. The summed E-state index contributed by atoms with van der Waals surface area (Å²) in [6, 6.07) is 3.35. The van der Waals surface area contributed by atoms with Crippen LogP contribution in [0.4, 0.5) is 29.6 Å². The van der Waals surface area contributed by atoms with Crippen molar-refractivity contribution in [3.8, 4) is 11.3 Å². The number of hydrogen-bond donors (Lipinski definition) is 4. The first-order chi connectivity index (χ1) is 18.1. The van der Waals surface area contributed by atoms with E-state index in [2.05, 4.69) is 44.7 Å². The second-order valence-corrected chi connectivity index (χ2v) is 10.4. The zero-order valence-corrected chi connectivity index (χ0v) is 21.5. The summed E-state index contributed by atoms with van der Waals surface area (Å²) in [5.41, 5.74) is 1.06. The average Bonchev–Trinajstić information content (AvgIpc) is 3.55. The highest BCUT2D eigenvalue weighted by Gasteiger charge is 2.37. The summed E-state index contributed by atoms with van der Waals surface area (Å²) in [7, 11) is 1.27. The Bertz CT molecular complexity index is 1320. The normalized spacial score (nSPS) is 21.4. The van der Waals surface area contributed by atoms with Crippen LogP contribution in [0.15, 0.2) is 24.5 Å². The van der Waals surface area contributed by atoms with Gasteiger partial charge in [0, 0.05) is 65.2 Å². The number of methoxy groups -OCH3 is 1. The van der Waals surface area contributed by atoms with Crippen LogP contribution < -0.4 is 16.0 Å². The van der Waals surface area contributed by atoms with Crippen LogP contribution in [0.1, 0.15) is 50.2 Å². The number of benzene rings is 1. The van der Waals surface area contributed by atoms with Gasteiger partial charge in [-0.3, -0.25) is 5.32 Å². The van der Waals surface area contributed by atoms with Gasteiger partial charge in [0.2, 0.25) is 5.95 Å². The molecular formula is C26H31F3N6O3. The lowest BCUT2D eigenvalue weighted by atomic mass is 9.91.